The van der Waals surface area contributed by atoms with Crippen molar-refractivity contribution in [3.8, 4) is 5.75 Å². The molecule has 2 aromatic rings. The molecule has 0 saturated heterocycles. The Labute approximate surface area is 130 Å². The lowest BCUT2D eigenvalue weighted by molar-refractivity contribution is 0.323. The first-order chi connectivity index (χ1) is 10.6. The van der Waals surface area contributed by atoms with Crippen molar-refractivity contribution in [1.29, 1.82) is 0 Å². The summed E-state index contributed by atoms with van der Waals surface area (Å²) >= 11 is 0. The molecule has 0 N–H and O–H groups in total. The number of azo groups is 1. The molecule has 4 heteroatoms. The van der Waals surface area contributed by atoms with Gasteiger partial charge in [0.05, 0.1) is 11.4 Å². The molecule has 2 aromatic carbocycles. The highest BCUT2D eigenvalue weighted by Gasteiger charge is 2.34. The van der Waals surface area contributed by atoms with E-state index >= 15 is 0 Å². The van der Waals surface area contributed by atoms with Crippen molar-refractivity contribution in [2.75, 3.05) is 6.73 Å². The average molecular weight is 293 g/mol. The second-order valence-corrected chi connectivity index (χ2v) is 5.82. The summed E-state index contributed by atoms with van der Waals surface area (Å²) in [7, 11) is 0. The van der Waals surface area contributed by atoms with Crippen LogP contribution in [0.15, 0.2) is 63.8 Å². The van der Waals surface area contributed by atoms with Crippen molar-refractivity contribution in [3.63, 3.8) is 0 Å². The van der Waals surface area contributed by atoms with E-state index in [1.54, 1.807) is 0 Å². The van der Waals surface area contributed by atoms with Crippen molar-refractivity contribution < 1.29 is 4.74 Å². The zero-order valence-corrected chi connectivity index (χ0v) is 13.1. The van der Waals surface area contributed by atoms with Crippen LogP contribution in [0.5, 0.6) is 5.75 Å². The highest BCUT2D eigenvalue weighted by molar-refractivity contribution is 6.01. The Morgan fingerprint density at radius 1 is 1.05 bits per heavy atom. The minimum absolute atomic E-state index is 0.106. The monoisotopic (exact) mass is 293 g/mol. The summed E-state index contributed by atoms with van der Waals surface area (Å²) in [6.45, 7) is 6.59. The summed E-state index contributed by atoms with van der Waals surface area (Å²) in [5.41, 5.74) is 3.98. The summed E-state index contributed by atoms with van der Waals surface area (Å²) in [6.07, 6.45) is 0. The van der Waals surface area contributed by atoms with Crippen molar-refractivity contribution in [3.05, 3.63) is 54.1 Å². The van der Waals surface area contributed by atoms with E-state index in [4.69, 9.17) is 4.74 Å². The minimum Gasteiger partial charge on any atom is -0.470 e. The number of fused-ring (bicyclic) bond motifs is 1. The maximum Gasteiger partial charge on any atom is 0.198 e. The second-order valence-electron chi connectivity index (χ2n) is 5.82. The molecule has 0 unspecified atom stereocenters. The quantitative estimate of drug-likeness (QED) is 0.715. The van der Waals surface area contributed by atoms with E-state index in [0.29, 0.717) is 0 Å². The predicted molar refractivity (Wildman–Crippen MR) is 88.7 cm³/mol. The fourth-order valence-electron chi connectivity index (χ4n) is 2.57. The maximum absolute atomic E-state index is 5.53. The van der Waals surface area contributed by atoms with E-state index < -0.39 is 0 Å². The minimum atomic E-state index is -0.106. The lowest BCUT2D eigenvalue weighted by atomic mass is 9.81. The molecule has 1 aliphatic heterocycles. The van der Waals surface area contributed by atoms with Crippen LogP contribution in [0.3, 0.4) is 0 Å². The SMILES string of the molecule is CC1=Nc2cccc(N=NCOc3ccccc3)c2C1(C)C. The number of para-hydroxylation sites is 1. The number of hydrogen-bond acceptors (Lipinski definition) is 4. The Morgan fingerprint density at radius 2 is 1.82 bits per heavy atom. The molecule has 22 heavy (non-hydrogen) atoms. The molecule has 4 nitrogen and oxygen atoms in total. The number of ether oxygens (including phenoxy) is 1. The Morgan fingerprint density at radius 3 is 2.59 bits per heavy atom. The molecular formula is C18H19N3O. The second kappa shape index (κ2) is 5.72. The van der Waals surface area contributed by atoms with Crippen LogP contribution in [-0.4, -0.2) is 12.4 Å². The van der Waals surface area contributed by atoms with Gasteiger partial charge < -0.3 is 4.74 Å². The number of nitrogens with zero attached hydrogens (tertiary/aromatic N) is 3. The maximum atomic E-state index is 5.53. The van der Waals surface area contributed by atoms with Gasteiger partial charge in [0.15, 0.2) is 6.73 Å². The molecule has 0 fully saturated rings. The summed E-state index contributed by atoms with van der Waals surface area (Å²) in [5.74, 6) is 0.791. The standard InChI is InChI=1S/C18H19N3O/c1-13-18(2,3)17-15(20-13)10-7-11-16(17)21-19-12-22-14-8-5-4-6-9-14/h4-11H,12H2,1-3H3. The van der Waals surface area contributed by atoms with E-state index in [2.05, 4.69) is 36.0 Å². The van der Waals surface area contributed by atoms with Crippen LogP contribution >= 0.6 is 0 Å². The smallest absolute Gasteiger partial charge is 0.198 e. The molecule has 0 saturated carbocycles. The molecule has 1 heterocycles. The number of benzene rings is 2. The van der Waals surface area contributed by atoms with E-state index in [1.807, 2.05) is 48.5 Å². The van der Waals surface area contributed by atoms with Gasteiger partial charge in [0.25, 0.3) is 0 Å². The Hall–Kier alpha value is -2.49. The largest absolute Gasteiger partial charge is 0.470 e. The van der Waals surface area contributed by atoms with Crippen LogP contribution in [0, 0.1) is 0 Å². The molecule has 0 amide bonds. The molecular weight excluding hydrogens is 274 g/mol. The molecule has 1 aliphatic rings. The van der Waals surface area contributed by atoms with Gasteiger partial charge in [-0.1, -0.05) is 38.1 Å². The first-order valence-electron chi connectivity index (χ1n) is 7.33. The van der Waals surface area contributed by atoms with Gasteiger partial charge in [0.2, 0.25) is 0 Å². The Kier molecular flexibility index (Phi) is 3.75. The van der Waals surface area contributed by atoms with Crippen molar-refractivity contribution in [1.82, 2.24) is 0 Å². The average Bonchev–Trinajstić information content (AvgIpc) is 2.75. The van der Waals surface area contributed by atoms with Gasteiger partial charge in [-0.25, -0.2) is 0 Å². The van der Waals surface area contributed by atoms with Gasteiger partial charge in [-0.3, -0.25) is 4.99 Å². The van der Waals surface area contributed by atoms with Crippen LogP contribution in [0.1, 0.15) is 26.3 Å². The molecule has 0 radical (unpaired) electrons. The third kappa shape index (κ3) is 2.64. The van der Waals surface area contributed by atoms with Crippen molar-refractivity contribution >= 4 is 17.1 Å². The fraction of sp³-hybridized carbons (Fsp3) is 0.278. The predicted octanol–water partition coefficient (Wildman–Crippen LogP) is 5.19. The highest BCUT2D eigenvalue weighted by atomic mass is 16.5. The third-order valence-corrected chi connectivity index (χ3v) is 4.05. The first-order valence-corrected chi connectivity index (χ1v) is 7.33. The van der Waals surface area contributed by atoms with Crippen molar-refractivity contribution in [2.24, 2.45) is 15.2 Å². The van der Waals surface area contributed by atoms with E-state index in [9.17, 15) is 0 Å². The third-order valence-electron chi connectivity index (χ3n) is 4.05. The normalized spacial score (nSPS) is 15.7. The zero-order valence-electron chi connectivity index (χ0n) is 13.1. The number of aliphatic imine (C=N–C) groups is 1. The molecule has 3 rings (SSSR count). The summed E-state index contributed by atoms with van der Waals surface area (Å²) in [5, 5.41) is 8.51. The number of rotatable bonds is 4. The highest BCUT2D eigenvalue weighted by Crippen LogP contribution is 2.45. The molecule has 0 bridgehead atoms. The van der Waals surface area contributed by atoms with E-state index in [1.165, 1.54) is 0 Å². The van der Waals surface area contributed by atoms with Gasteiger partial charge in [0, 0.05) is 16.7 Å². The van der Waals surface area contributed by atoms with Gasteiger partial charge >= 0.3 is 0 Å². The van der Waals surface area contributed by atoms with Gasteiger partial charge in [-0.2, -0.15) is 5.11 Å². The van der Waals surface area contributed by atoms with Gasteiger partial charge in [0.1, 0.15) is 5.75 Å². The van der Waals surface area contributed by atoms with Crippen LogP contribution in [-0.2, 0) is 5.41 Å². The molecule has 0 spiro atoms. The molecule has 0 atom stereocenters. The molecule has 112 valence electrons. The first kappa shape index (κ1) is 14.4. The van der Waals surface area contributed by atoms with Crippen LogP contribution in [0.2, 0.25) is 0 Å². The van der Waals surface area contributed by atoms with Crippen LogP contribution in [0.25, 0.3) is 0 Å². The van der Waals surface area contributed by atoms with E-state index in [-0.39, 0.29) is 12.1 Å². The molecule has 0 aliphatic carbocycles. The lowest BCUT2D eigenvalue weighted by Crippen LogP contribution is -2.22. The zero-order chi connectivity index (χ0) is 15.6. The fourth-order valence-corrected chi connectivity index (χ4v) is 2.57. The van der Waals surface area contributed by atoms with Crippen LogP contribution < -0.4 is 4.74 Å². The van der Waals surface area contributed by atoms with Gasteiger partial charge in [-0.05, 0) is 31.2 Å². The topological polar surface area (TPSA) is 46.3 Å². The summed E-state index contributed by atoms with van der Waals surface area (Å²) in [4.78, 5) is 4.63. The molecule has 0 aromatic heterocycles. The number of hydrogen-bond donors (Lipinski definition) is 0. The lowest BCUT2D eigenvalue weighted by Gasteiger charge is -2.21. The Bertz CT molecular complexity index is 733. The Balaban J connectivity index is 1.75. The summed E-state index contributed by atoms with van der Waals surface area (Å²) in [6, 6.07) is 15.6. The van der Waals surface area contributed by atoms with Gasteiger partial charge in [-0.15, -0.1) is 5.11 Å². The summed E-state index contributed by atoms with van der Waals surface area (Å²) < 4.78 is 5.53. The van der Waals surface area contributed by atoms with Crippen LogP contribution in [0.4, 0.5) is 11.4 Å². The van der Waals surface area contributed by atoms with Crippen molar-refractivity contribution in [2.45, 2.75) is 26.2 Å². The van der Waals surface area contributed by atoms with E-state index in [0.717, 1.165) is 28.4 Å².